The van der Waals surface area contributed by atoms with Gasteiger partial charge in [-0.2, -0.15) is 4.98 Å². The van der Waals surface area contributed by atoms with E-state index in [2.05, 4.69) is 25.2 Å². The minimum atomic E-state index is -0.511. The smallest absolute Gasteiger partial charge is 0.410 e. The Labute approximate surface area is 251 Å². The van der Waals surface area contributed by atoms with E-state index in [1.807, 2.05) is 70.2 Å². The number of anilines is 1. The highest BCUT2D eigenvalue weighted by Crippen LogP contribution is 2.28. The number of aryl methyl sites for hydroxylation is 1. The van der Waals surface area contributed by atoms with Gasteiger partial charge in [-0.05, 0) is 75.2 Å². The molecule has 0 saturated carbocycles. The maximum Gasteiger partial charge on any atom is 0.410 e. The third-order valence-corrected chi connectivity index (χ3v) is 6.86. The van der Waals surface area contributed by atoms with Gasteiger partial charge in [0.2, 0.25) is 0 Å². The molecule has 0 unspecified atom stereocenters. The fourth-order valence-corrected chi connectivity index (χ4v) is 4.64. The highest BCUT2D eigenvalue weighted by atomic mass is 16.6. The van der Waals surface area contributed by atoms with Gasteiger partial charge in [0, 0.05) is 74.2 Å². The molecule has 2 aromatic heterocycles. The van der Waals surface area contributed by atoms with Crippen molar-refractivity contribution in [2.24, 2.45) is 0 Å². The number of carbonyl (C=O) groups excluding carboxylic acids is 2. The Balaban J connectivity index is 1.20. The van der Waals surface area contributed by atoms with Gasteiger partial charge in [-0.15, -0.1) is 0 Å². The SMILES string of the molecule is Cc1ccc(NC(=O)c2cccc(CN3CCN(C(=O)OC(C)(C)C)CC3)c2)cc1Oc1nccc(-c2cccnc2)n1. The van der Waals surface area contributed by atoms with Crippen LogP contribution in [0.2, 0.25) is 0 Å². The summed E-state index contributed by atoms with van der Waals surface area (Å²) in [4.78, 5) is 42.5. The standard InChI is InChI=1S/C33H36N6O4/c1-23-10-11-27(20-29(23)42-31-35-14-12-28(37-31)26-9-6-13-34-21-26)36-30(40)25-8-5-7-24(19-25)22-38-15-17-39(18-16-38)32(41)43-33(2,3)4/h5-14,19-21H,15-18,22H2,1-4H3,(H,36,40). The summed E-state index contributed by atoms with van der Waals surface area (Å²) in [5.41, 5.74) is 4.10. The molecular weight excluding hydrogens is 544 g/mol. The van der Waals surface area contributed by atoms with Gasteiger partial charge in [-0.3, -0.25) is 14.7 Å². The number of benzene rings is 2. The maximum absolute atomic E-state index is 13.2. The molecule has 0 bridgehead atoms. The minimum Gasteiger partial charge on any atom is -0.444 e. The number of hydrogen-bond donors (Lipinski definition) is 1. The molecule has 2 aromatic carbocycles. The summed E-state index contributed by atoms with van der Waals surface area (Å²) in [5, 5.41) is 2.98. The monoisotopic (exact) mass is 580 g/mol. The molecule has 0 spiro atoms. The number of hydrogen-bond acceptors (Lipinski definition) is 8. The first-order valence-corrected chi connectivity index (χ1v) is 14.3. The molecule has 5 rings (SSSR count). The zero-order valence-corrected chi connectivity index (χ0v) is 24.9. The Bertz CT molecular complexity index is 1580. The van der Waals surface area contributed by atoms with E-state index in [4.69, 9.17) is 9.47 Å². The first-order valence-electron chi connectivity index (χ1n) is 14.3. The molecule has 0 radical (unpaired) electrons. The van der Waals surface area contributed by atoms with Crippen LogP contribution in [0.5, 0.6) is 11.8 Å². The third-order valence-electron chi connectivity index (χ3n) is 6.86. The Morgan fingerprint density at radius 3 is 2.51 bits per heavy atom. The van der Waals surface area contributed by atoms with E-state index in [0.717, 1.165) is 29.8 Å². The second-order valence-electron chi connectivity index (χ2n) is 11.4. The van der Waals surface area contributed by atoms with Crippen molar-refractivity contribution in [2.75, 3.05) is 31.5 Å². The lowest BCUT2D eigenvalue weighted by Gasteiger charge is -2.35. The molecule has 222 valence electrons. The fraction of sp³-hybridized carbons (Fsp3) is 0.303. The van der Waals surface area contributed by atoms with Gasteiger partial charge < -0.3 is 19.7 Å². The number of carbonyl (C=O) groups is 2. The van der Waals surface area contributed by atoms with Crippen LogP contribution in [0.4, 0.5) is 10.5 Å². The minimum absolute atomic E-state index is 0.201. The molecule has 0 aliphatic carbocycles. The van der Waals surface area contributed by atoms with Crippen LogP contribution in [-0.4, -0.2) is 68.5 Å². The second-order valence-corrected chi connectivity index (χ2v) is 11.4. The second kappa shape index (κ2) is 13.0. The Morgan fingerprint density at radius 1 is 0.953 bits per heavy atom. The summed E-state index contributed by atoms with van der Waals surface area (Å²) in [6.07, 6.45) is 4.80. The van der Waals surface area contributed by atoms with Crippen molar-refractivity contribution < 1.29 is 19.1 Å². The summed E-state index contributed by atoms with van der Waals surface area (Å²) in [5.74, 6) is 0.321. The van der Waals surface area contributed by atoms with Crippen LogP contribution < -0.4 is 10.1 Å². The van der Waals surface area contributed by atoms with E-state index in [1.54, 1.807) is 41.7 Å². The number of piperazine rings is 1. The van der Waals surface area contributed by atoms with Crippen LogP contribution in [0.1, 0.15) is 42.3 Å². The van der Waals surface area contributed by atoms with E-state index in [0.29, 0.717) is 42.3 Å². The predicted molar refractivity (Wildman–Crippen MR) is 164 cm³/mol. The van der Waals surface area contributed by atoms with Gasteiger partial charge in [0.15, 0.2) is 0 Å². The number of nitrogens with one attached hydrogen (secondary N) is 1. The molecule has 43 heavy (non-hydrogen) atoms. The van der Waals surface area contributed by atoms with Gasteiger partial charge in [0.05, 0.1) is 5.69 Å². The van der Waals surface area contributed by atoms with Crippen molar-refractivity contribution in [3.63, 3.8) is 0 Å². The lowest BCUT2D eigenvalue weighted by atomic mass is 10.1. The molecule has 1 saturated heterocycles. The average molecular weight is 581 g/mol. The van der Waals surface area contributed by atoms with Crippen LogP contribution in [0.3, 0.4) is 0 Å². The molecule has 10 nitrogen and oxygen atoms in total. The highest BCUT2D eigenvalue weighted by molar-refractivity contribution is 6.04. The number of aromatic nitrogens is 3. The number of pyridine rings is 1. The number of nitrogens with zero attached hydrogens (tertiary/aromatic N) is 5. The first kappa shape index (κ1) is 29.7. The highest BCUT2D eigenvalue weighted by Gasteiger charge is 2.26. The van der Waals surface area contributed by atoms with Gasteiger partial charge >= 0.3 is 12.1 Å². The van der Waals surface area contributed by atoms with Crippen LogP contribution in [0.25, 0.3) is 11.3 Å². The summed E-state index contributed by atoms with van der Waals surface area (Å²) in [7, 11) is 0. The van der Waals surface area contributed by atoms with Crippen molar-refractivity contribution in [3.05, 3.63) is 95.9 Å². The molecule has 1 N–H and O–H groups in total. The van der Waals surface area contributed by atoms with Crippen LogP contribution in [0, 0.1) is 6.92 Å². The summed E-state index contributed by atoms with van der Waals surface area (Å²) in [6, 6.07) is 18.8. The first-order chi connectivity index (χ1) is 20.6. The zero-order chi connectivity index (χ0) is 30.4. The molecule has 1 aliphatic rings. The molecule has 1 aliphatic heterocycles. The van der Waals surface area contributed by atoms with E-state index in [-0.39, 0.29) is 18.0 Å². The van der Waals surface area contributed by atoms with Gasteiger partial charge in [-0.25, -0.2) is 9.78 Å². The van der Waals surface area contributed by atoms with Crippen molar-refractivity contribution in [3.8, 4) is 23.0 Å². The summed E-state index contributed by atoms with van der Waals surface area (Å²) < 4.78 is 11.5. The number of amides is 2. The van der Waals surface area contributed by atoms with Crippen molar-refractivity contribution >= 4 is 17.7 Å². The topological polar surface area (TPSA) is 110 Å². The third kappa shape index (κ3) is 8.14. The lowest BCUT2D eigenvalue weighted by Crippen LogP contribution is -2.49. The van der Waals surface area contributed by atoms with Crippen LogP contribution in [-0.2, 0) is 11.3 Å². The van der Waals surface area contributed by atoms with E-state index < -0.39 is 5.60 Å². The van der Waals surface area contributed by atoms with Gasteiger partial charge in [-0.1, -0.05) is 18.2 Å². The van der Waals surface area contributed by atoms with Crippen LogP contribution >= 0.6 is 0 Å². The average Bonchev–Trinajstić information content (AvgIpc) is 2.99. The van der Waals surface area contributed by atoms with Crippen LogP contribution in [0.15, 0.2) is 79.3 Å². The largest absolute Gasteiger partial charge is 0.444 e. The molecule has 3 heterocycles. The Hall–Kier alpha value is -4.83. The molecule has 0 atom stereocenters. The Kier molecular flexibility index (Phi) is 8.96. The van der Waals surface area contributed by atoms with E-state index in [1.165, 1.54) is 0 Å². The van der Waals surface area contributed by atoms with Crippen molar-refractivity contribution in [2.45, 2.75) is 39.8 Å². The molecule has 10 heteroatoms. The number of rotatable bonds is 7. The normalized spacial score (nSPS) is 13.8. The van der Waals surface area contributed by atoms with Gasteiger partial charge in [0.25, 0.3) is 5.91 Å². The van der Waals surface area contributed by atoms with Gasteiger partial charge in [0.1, 0.15) is 11.4 Å². The quantitative estimate of drug-likeness (QED) is 0.286. The maximum atomic E-state index is 13.2. The summed E-state index contributed by atoms with van der Waals surface area (Å²) in [6.45, 7) is 10.9. The van der Waals surface area contributed by atoms with E-state index in [9.17, 15) is 9.59 Å². The lowest BCUT2D eigenvalue weighted by molar-refractivity contribution is 0.0139. The molecular formula is C33H36N6O4. The summed E-state index contributed by atoms with van der Waals surface area (Å²) >= 11 is 0. The fourth-order valence-electron chi connectivity index (χ4n) is 4.64. The molecule has 4 aromatic rings. The molecule has 1 fully saturated rings. The predicted octanol–water partition coefficient (Wildman–Crippen LogP) is 5.94. The van der Waals surface area contributed by atoms with Crippen molar-refractivity contribution in [1.29, 1.82) is 0 Å². The van der Waals surface area contributed by atoms with Crippen molar-refractivity contribution in [1.82, 2.24) is 24.8 Å². The Morgan fingerprint density at radius 2 is 1.77 bits per heavy atom. The van der Waals surface area contributed by atoms with E-state index >= 15 is 0 Å². The molecule has 2 amide bonds. The zero-order valence-electron chi connectivity index (χ0n) is 24.9. The number of ether oxygens (including phenoxy) is 2.